The Labute approximate surface area is 164 Å². The zero-order valence-electron chi connectivity index (χ0n) is 15.8. The highest BCUT2D eigenvalue weighted by Gasteiger charge is 2.24. The number of nitrogens with zero attached hydrogens (tertiary/aromatic N) is 4. The first-order chi connectivity index (χ1) is 13.8. The van der Waals surface area contributed by atoms with E-state index in [0.717, 1.165) is 34.5 Å². The number of aromatic amines is 1. The van der Waals surface area contributed by atoms with Crippen LogP contribution < -0.4 is 0 Å². The van der Waals surface area contributed by atoms with Gasteiger partial charge in [-0.3, -0.25) is 0 Å². The first-order valence-corrected chi connectivity index (χ1v) is 10.1. The number of aryl methyl sites for hydroxylation is 1. The van der Waals surface area contributed by atoms with Gasteiger partial charge in [-0.1, -0.05) is 12.1 Å². The third-order valence-corrected chi connectivity index (χ3v) is 6.23. The highest BCUT2D eigenvalue weighted by molar-refractivity contribution is 6.00. The molecule has 1 aromatic carbocycles. The van der Waals surface area contributed by atoms with E-state index in [0.29, 0.717) is 6.04 Å². The fourth-order valence-corrected chi connectivity index (χ4v) is 4.69. The summed E-state index contributed by atoms with van der Waals surface area (Å²) < 4.78 is 2.37. The van der Waals surface area contributed by atoms with Crippen molar-refractivity contribution in [2.45, 2.75) is 44.6 Å². The predicted octanol–water partition coefficient (Wildman–Crippen LogP) is 5.15. The van der Waals surface area contributed by atoms with Crippen LogP contribution in [0.3, 0.4) is 0 Å². The van der Waals surface area contributed by atoms with Crippen LogP contribution in [-0.4, -0.2) is 19.5 Å². The minimum Gasteiger partial charge on any atom is -0.346 e. The van der Waals surface area contributed by atoms with Gasteiger partial charge >= 0.3 is 0 Å². The van der Waals surface area contributed by atoms with Crippen molar-refractivity contribution in [1.82, 2.24) is 19.5 Å². The van der Waals surface area contributed by atoms with E-state index >= 15 is 0 Å². The first kappa shape index (κ1) is 17.0. The summed E-state index contributed by atoms with van der Waals surface area (Å²) in [5, 5.41) is 10.2. The van der Waals surface area contributed by atoms with Gasteiger partial charge in [0.05, 0.1) is 29.7 Å². The molecule has 5 nitrogen and oxygen atoms in total. The normalized spacial score (nSPS) is 19.8. The molecule has 0 saturated heterocycles. The number of imidazole rings is 1. The molecule has 0 aliphatic heterocycles. The fourth-order valence-electron chi connectivity index (χ4n) is 4.69. The Kier molecular flexibility index (Phi) is 4.32. The van der Waals surface area contributed by atoms with Crippen LogP contribution in [0.15, 0.2) is 49.1 Å². The Bertz CT molecular complexity index is 1150. The highest BCUT2D eigenvalue weighted by Crippen LogP contribution is 2.37. The number of hydrogen-bond acceptors (Lipinski definition) is 3. The van der Waals surface area contributed by atoms with Crippen molar-refractivity contribution < 1.29 is 0 Å². The maximum atomic E-state index is 9.06. The van der Waals surface area contributed by atoms with E-state index in [1.807, 2.05) is 36.9 Å². The van der Waals surface area contributed by atoms with Gasteiger partial charge in [0.2, 0.25) is 0 Å². The number of rotatable bonds is 4. The molecule has 1 fully saturated rings. The van der Waals surface area contributed by atoms with Gasteiger partial charge in [0.1, 0.15) is 11.2 Å². The van der Waals surface area contributed by atoms with Crippen molar-refractivity contribution in [3.8, 4) is 6.07 Å². The molecule has 5 rings (SSSR count). The van der Waals surface area contributed by atoms with E-state index < -0.39 is 0 Å². The van der Waals surface area contributed by atoms with Crippen molar-refractivity contribution in [2.24, 2.45) is 5.92 Å². The number of aromatic nitrogens is 4. The Hall–Kier alpha value is -3.13. The summed E-state index contributed by atoms with van der Waals surface area (Å²) in [6.07, 6.45) is 13.0. The average molecular weight is 369 g/mol. The third-order valence-electron chi connectivity index (χ3n) is 6.23. The van der Waals surface area contributed by atoms with Crippen molar-refractivity contribution in [2.75, 3.05) is 0 Å². The lowest BCUT2D eigenvalue weighted by Crippen LogP contribution is -2.18. The second-order valence-corrected chi connectivity index (χ2v) is 7.91. The molecule has 0 spiro atoms. The number of nitriles is 1. The Morgan fingerprint density at radius 3 is 2.89 bits per heavy atom. The molecule has 0 amide bonds. The first-order valence-electron chi connectivity index (χ1n) is 10.1. The van der Waals surface area contributed by atoms with E-state index in [2.05, 4.69) is 37.7 Å². The van der Waals surface area contributed by atoms with Crippen molar-refractivity contribution in [3.63, 3.8) is 0 Å². The summed E-state index contributed by atoms with van der Waals surface area (Å²) in [5.41, 5.74) is 5.17. The van der Waals surface area contributed by atoms with Gasteiger partial charge in [0, 0.05) is 17.6 Å². The van der Waals surface area contributed by atoms with Crippen LogP contribution in [0.1, 0.15) is 49.3 Å². The topological polar surface area (TPSA) is 70.3 Å². The largest absolute Gasteiger partial charge is 0.346 e. The lowest BCUT2D eigenvalue weighted by Gasteiger charge is -2.30. The van der Waals surface area contributed by atoms with Gasteiger partial charge in [0.25, 0.3) is 0 Å². The van der Waals surface area contributed by atoms with Gasteiger partial charge < -0.3 is 9.55 Å². The Morgan fingerprint density at radius 1 is 1.14 bits per heavy atom. The molecule has 1 aliphatic carbocycles. The average Bonchev–Trinajstić information content (AvgIpc) is 3.39. The second-order valence-electron chi connectivity index (χ2n) is 7.91. The maximum Gasteiger partial charge on any atom is 0.139 e. The maximum absolute atomic E-state index is 9.06. The van der Waals surface area contributed by atoms with Crippen molar-refractivity contribution in [1.29, 1.82) is 5.26 Å². The molecule has 0 atom stereocenters. The number of H-pyrrole nitrogens is 1. The monoisotopic (exact) mass is 369 g/mol. The van der Waals surface area contributed by atoms with E-state index in [1.54, 1.807) is 0 Å². The van der Waals surface area contributed by atoms with Crippen LogP contribution in [0.2, 0.25) is 0 Å². The number of pyridine rings is 1. The molecule has 0 radical (unpaired) electrons. The molecule has 1 aliphatic rings. The number of benzene rings is 1. The molecule has 0 unspecified atom stereocenters. The van der Waals surface area contributed by atoms with Crippen molar-refractivity contribution in [3.05, 3.63) is 60.2 Å². The summed E-state index contributed by atoms with van der Waals surface area (Å²) in [4.78, 5) is 12.3. The molecule has 140 valence electrons. The lowest BCUT2D eigenvalue weighted by atomic mass is 9.82. The summed E-state index contributed by atoms with van der Waals surface area (Å²) in [5.74, 6) is 0.769. The van der Waals surface area contributed by atoms with E-state index in [-0.39, 0.29) is 0 Å². The molecule has 3 heterocycles. The molecule has 4 aromatic rings. The summed E-state index contributed by atoms with van der Waals surface area (Å²) in [6, 6.07) is 12.9. The summed E-state index contributed by atoms with van der Waals surface area (Å²) in [7, 11) is 0. The Morgan fingerprint density at radius 2 is 2.04 bits per heavy atom. The van der Waals surface area contributed by atoms with Gasteiger partial charge in [0.15, 0.2) is 0 Å². The molecule has 28 heavy (non-hydrogen) atoms. The molecule has 1 N–H and O–H groups in total. The summed E-state index contributed by atoms with van der Waals surface area (Å²) >= 11 is 0. The number of nitrogens with one attached hydrogen (secondary N) is 1. The molecule has 0 bridgehead atoms. The molecule has 3 aromatic heterocycles. The minimum absolute atomic E-state index is 0.517. The smallest absolute Gasteiger partial charge is 0.139 e. The van der Waals surface area contributed by atoms with E-state index in [4.69, 9.17) is 5.26 Å². The minimum atomic E-state index is 0.517. The third kappa shape index (κ3) is 3.05. The highest BCUT2D eigenvalue weighted by atomic mass is 15.1. The van der Waals surface area contributed by atoms with Crippen LogP contribution in [0.4, 0.5) is 0 Å². The van der Waals surface area contributed by atoms with Crippen molar-refractivity contribution >= 4 is 22.1 Å². The Balaban J connectivity index is 1.27. The van der Waals surface area contributed by atoms with Crippen LogP contribution >= 0.6 is 0 Å². The number of fused-ring (bicyclic) bond motifs is 3. The molecule has 5 heteroatoms. The van der Waals surface area contributed by atoms with Crippen LogP contribution in [0, 0.1) is 17.2 Å². The zero-order chi connectivity index (χ0) is 18.9. The lowest BCUT2D eigenvalue weighted by molar-refractivity contribution is 0.267. The van der Waals surface area contributed by atoms with Gasteiger partial charge in [-0.2, -0.15) is 5.26 Å². The molecular weight excluding hydrogens is 346 g/mol. The van der Waals surface area contributed by atoms with Gasteiger partial charge in [-0.25, -0.2) is 9.97 Å². The quantitative estimate of drug-likeness (QED) is 0.541. The van der Waals surface area contributed by atoms with Crippen LogP contribution in [0.25, 0.3) is 22.1 Å². The fraction of sp³-hybridized carbons (Fsp3) is 0.348. The van der Waals surface area contributed by atoms with Crippen LogP contribution in [0.5, 0.6) is 0 Å². The zero-order valence-corrected chi connectivity index (χ0v) is 15.8. The van der Waals surface area contributed by atoms with E-state index in [9.17, 15) is 0 Å². The molecular formula is C23H23N5. The second kappa shape index (κ2) is 7.12. The number of hydrogen-bond donors (Lipinski definition) is 1. The van der Waals surface area contributed by atoms with E-state index in [1.165, 1.54) is 43.2 Å². The molecule has 1 saturated carbocycles. The summed E-state index contributed by atoms with van der Waals surface area (Å²) in [6.45, 7) is 0. The van der Waals surface area contributed by atoms with Crippen LogP contribution in [-0.2, 0) is 6.42 Å². The predicted molar refractivity (Wildman–Crippen MR) is 110 cm³/mol. The standard InChI is InChI=1S/C23H23N5/c24-13-18-3-1-2-17(12-18)5-4-16-6-8-19(9-7-16)28-15-27-21-14-26-23-20(22(21)28)10-11-25-23/h1-3,10-12,14-16,19H,4-9H2,(H,25,26). The SMILES string of the molecule is N#Cc1cccc(CCC2CCC(n3cnc4cnc5[nH]ccc5c43)CC2)c1. The van der Waals surface area contributed by atoms with Gasteiger partial charge in [-0.05, 0) is 68.2 Å². The van der Waals surface area contributed by atoms with Gasteiger partial charge in [-0.15, -0.1) is 0 Å².